The lowest BCUT2D eigenvalue weighted by Crippen LogP contribution is -2.52. The fourth-order valence-electron chi connectivity index (χ4n) is 3.05. The summed E-state index contributed by atoms with van der Waals surface area (Å²) >= 11 is 0. The van der Waals surface area contributed by atoms with Gasteiger partial charge in [-0.05, 0) is 31.4 Å². The van der Waals surface area contributed by atoms with Gasteiger partial charge < -0.3 is 15.4 Å². The Hall–Kier alpha value is -1.55. The summed E-state index contributed by atoms with van der Waals surface area (Å²) in [7, 11) is 0. The van der Waals surface area contributed by atoms with Crippen LogP contribution in [-0.4, -0.2) is 24.7 Å². The summed E-state index contributed by atoms with van der Waals surface area (Å²) in [6, 6.07) is 10.6. The molecule has 0 unspecified atom stereocenters. The first-order chi connectivity index (χ1) is 11.8. The molecule has 0 aliphatic heterocycles. The number of carbonyl (C=O) groups is 1. The molecule has 0 aromatic heterocycles. The van der Waals surface area contributed by atoms with Gasteiger partial charge in [0.15, 0.2) is 0 Å². The van der Waals surface area contributed by atoms with Crippen LogP contribution < -0.4 is 10.6 Å². The first kappa shape index (κ1) is 18.8. The van der Waals surface area contributed by atoms with Crippen molar-refractivity contribution in [2.75, 3.05) is 6.54 Å². The lowest BCUT2D eigenvalue weighted by molar-refractivity contribution is 0.125. The van der Waals surface area contributed by atoms with E-state index < -0.39 is 0 Å². The molecular weight excluding hydrogens is 300 g/mol. The van der Waals surface area contributed by atoms with E-state index in [-0.39, 0.29) is 12.1 Å². The smallest absolute Gasteiger partial charge is 0.407 e. The Morgan fingerprint density at radius 2 is 1.75 bits per heavy atom. The highest BCUT2D eigenvalue weighted by atomic mass is 16.5. The molecule has 0 radical (unpaired) electrons. The molecule has 1 aromatic rings. The number of amides is 1. The van der Waals surface area contributed by atoms with Crippen LogP contribution in [0.3, 0.4) is 0 Å². The Morgan fingerprint density at radius 3 is 2.50 bits per heavy atom. The summed E-state index contributed by atoms with van der Waals surface area (Å²) < 4.78 is 5.24. The second-order valence-electron chi connectivity index (χ2n) is 6.79. The van der Waals surface area contributed by atoms with Gasteiger partial charge in [0, 0.05) is 12.1 Å². The number of rotatable bonds is 11. The molecule has 1 amide bonds. The number of alkyl carbamates (subject to hydrolysis) is 1. The maximum absolute atomic E-state index is 11.8. The fourth-order valence-corrected chi connectivity index (χ4v) is 3.05. The van der Waals surface area contributed by atoms with Gasteiger partial charge in [-0.15, -0.1) is 0 Å². The van der Waals surface area contributed by atoms with Crippen molar-refractivity contribution >= 4 is 6.09 Å². The molecule has 0 heterocycles. The zero-order valence-corrected chi connectivity index (χ0v) is 14.9. The van der Waals surface area contributed by atoms with Crippen LogP contribution in [0.15, 0.2) is 30.3 Å². The topological polar surface area (TPSA) is 50.4 Å². The van der Waals surface area contributed by atoms with Crippen molar-refractivity contribution < 1.29 is 9.53 Å². The first-order valence-corrected chi connectivity index (χ1v) is 9.48. The average molecular weight is 332 g/mol. The van der Waals surface area contributed by atoms with E-state index >= 15 is 0 Å². The number of carbonyl (C=O) groups excluding carboxylic acids is 1. The van der Waals surface area contributed by atoms with Gasteiger partial charge in [0.2, 0.25) is 0 Å². The molecule has 2 N–H and O–H groups in total. The monoisotopic (exact) mass is 332 g/mol. The summed E-state index contributed by atoms with van der Waals surface area (Å²) in [5.74, 6) is 0. The predicted octanol–water partition coefficient (Wildman–Crippen LogP) is 4.39. The quantitative estimate of drug-likeness (QED) is 0.591. The molecule has 4 nitrogen and oxygen atoms in total. The van der Waals surface area contributed by atoms with Crippen LogP contribution in [0, 0.1) is 0 Å². The van der Waals surface area contributed by atoms with Crippen molar-refractivity contribution in [3.05, 3.63) is 35.9 Å². The second-order valence-corrected chi connectivity index (χ2v) is 6.79. The fraction of sp³-hybridized carbons (Fsp3) is 0.650. The third-order valence-electron chi connectivity index (χ3n) is 4.64. The van der Waals surface area contributed by atoms with E-state index in [4.69, 9.17) is 4.74 Å². The Kier molecular flexibility index (Phi) is 8.67. The Bertz CT molecular complexity index is 458. The molecule has 0 spiro atoms. The molecule has 1 aliphatic carbocycles. The molecule has 1 aromatic carbocycles. The van der Waals surface area contributed by atoms with Crippen LogP contribution in [0.4, 0.5) is 4.79 Å². The van der Waals surface area contributed by atoms with E-state index in [1.807, 2.05) is 30.3 Å². The lowest BCUT2D eigenvalue weighted by atomic mass is 9.87. The van der Waals surface area contributed by atoms with Crippen molar-refractivity contribution in [2.24, 2.45) is 0 Å². The predicted molar refractivity (Wildman–Crippen MR) is 98.0 cm³/mol. The number of hydrogen-bond donors (Lipinski definition) is 2. The minimum Gasteiger partial charge on any atom is -0.445 e. The van der Waals surface area contributed by atoms with Crippen molar-refractivity contribution in [3.8, 4) is 0 Å². The molecule has 24 heavy (non-hydrogen) atoms. The number of unbranched alkanes of at least 4 members (excludes halogenated alkanes) is 5. The van der Waals surface area contributed by atoms with Crippen molar-refractivity contribution in [2.45, 2.75) is 77.0 Å². The zero-order valence-electron chi connectivity index (χ0n) is 14.9. The summed E-state index contributed by atoms with van der Waals surface area (Å²) in [4.78, 5) is 11.8. The Morgan fingerprint density at radius 1 is 1.04 bits per heavy atom. The maximum atomic E-state index is 11.8. The molecule has 2 rings (SSSR count). The molecule has 1 aliphatic rings. The Labute approximate surface area is 146 Å². The average Bonchev–Trinajstić information content (AvgIpc) is 2.57. The molecule has 4 heteroatoms. The standard InChI is InChI=1S/C20H32N2O2/c1-2-3-4-5-6-10-13-21-18-14-19(15-18)22-20(23)24-16-17-11-8-7-9-12-17/h7-9,11-12,18-19,21H,2-6,10,13-16H2,1H3,(H,22,23). The van der Waals surface area contributed by atoms with Crippen LogP contribution >= 0.6 is 0 Å². The van der Waals surface area contributed by atoms with E-state index in [1.54, 1.807) is 0 Å². The van der Waals surface area contributed by atoms with Gasteiger partial charge in [-0.2, -0.15) is 0 Å². The SMILES string of the molecule is CCCCCCCCNC1CC(NC(=O)OCc2ccccc2)C1. The van der Waals surface area contributed by atoms with Gasteiger partial charge in [-0.25, -0.2) is 4.79 Å². The summed E-state index contributed by atoms with van der Waals surface area (Å²) in [5, 5.41) is 6.52. The number of hydrogen-bond acceptors (Lipinski definition) is 3. The molecule has 0 bridgehead atoms. The van der Waals surface area contributed by atoms with Crippen molar-refractivity contribution in [1.29, 1.82) is 0 Å². The highest BCUT2D eigenvalue weighted by Gasteiger charge is 2.29. The molecule has 0 saturated heterocycles. The van der Waals surface area contributed by atoms with E-state index in [2.05, 4.69) is 17.6 Å². The van der Waals surface area contributed by atoms with Crippen LogP contribution in [0.5, 0.6) is 0 Å². The number of nitrogens with one attached hydrogen (secondary N) is 2. The maximum Gasteiger partial charge on any atom is 0.407 e. The van der Waals surface area contributed by atoms with Crippen LogP contribution in [0.25, 0.3) is 0 Å². The van der Waals surface area contributed by atoms with E-state index in [1.165, 1.54) is 38.5 Å². The second kappa shape index (κ2) is 11.1. The van der Waals surface area contributed by atoms with E-state index in [0.717, 1.165) is 24.9 Å². The summed E-state index contributed by atoms with van der Waals surface area (Å²) in [6.07, 6.45) is 9.70. The van der Waals surface area contributed by atoms with E-state index in [9.17, 15) is 4.79 Å². The van der Waals surface area contributed by atoms with Crippen molar-refractivity contribution in [1.82, 2.24) is 10.6 Å². The van der Waals surface area contributed by atoms with Crippen LogP contribution in [-0.2, 0) is 11.3 Å². The third-order valence-corrected chi connectivity index (χ3v) is 4.64. The third kappa shape index (κ3) is 7.35. The highest BCUT2D eigenvalue weighted by Crippen LogP contribution is 2.20. The van der Waals surface area contributed by atoms with Gasteiger partial charge >= 0.3 is 6.09 Å². The number of benzene rings is 1. The zero-order chi connectivity index (χ0) is 17.0. The van der Waals surface area contributed by atoms with Gasteiger partial charge in [0.05, 0.1) is 0 Å². The molecule has 1 fully saturated rings. The highest BCUT2D eigenvalue weighted by molar-refractivity contribution is 5.67. The molecule has 0 atom stereocenters. The van der Waals surface area contributed by atoms with E-state index in [0.29, 0.717) is 12.6 Å². The van der Waals surface area contributed by atoms with Crippen molar-refractivity contribution in [3.63, 3.8) is 0 Å². The first-order valence-electron chi connectivity index (χ1n) is 9.48. The summed E-state index contributed by atoms with van der Waals surface area (Å²) in [6.45, 7) is 3.68. The summed E-state index contributed by atoms with van der Waals surface area (Å²) in [5.41, 5.74) is 1.01. The minimum atomic E-state index is -0.307. The molecular formula is C20H32N2O2. The van der Waals surface area contributed by atoms with Gasteiger partial charge in [0.1, 0.15) is 6.61 Å². The molecule has 1 saturated carbocycles. The minimum absolute atomic E-state index is 0.260. The van der Waals surface area contributed by atoms with Gasteiger partial charge in [-0.1, -0.05) is 69.4 Å². The Balaban J connectivity index is 1.44. The number of ether oxygens (including phenoxy) is 1. The lowest BCUT2D eigenvalue weighted by Gasteiger charge is -2.36. The van der Waals surface area contributed by atoms with Crippen LogP contribution in [0.1, 0.15) is 63.9 Å². The molecule has 134 valence electrons. The normalized spacial score (nSPS) is 19.5. The van der Waals surface area contributed by atoms with Crippen LogP contribution in [0.2, 0.25) is 0 Å². The largest absolute Gasteiger partial charge is 0.445 e. The van der Waals surface area contributed by atoms with Gasteiger partial charge in [-0.3, -0.25) is 0 Å². The van der Waals surface area contributed by atoms with Gasteiger partial charge in [0.25, 0.3) is 0 Å².